The topological polar surface area (TPSA) is 32.5 Å². The number of hydrogen-bond donors (Lipinski definition) is 1. The smallest absolute Gasteiger partial charge is 0.0237 e. The van der Waals surface area contributed by atoms with Crippen molar-refractivity contribution < 1.29 is 0 Å². The minimum Gasteiger partial charge on any atom is -0.329 e. The Morgan fingerprint density at radius 1 is 1.32 bits per heavy atom. The summed E-state index contributed by atoms with van der Waals surface area (Å²) in [6, 6.07) is 11.5. The second-order valence-electron chi connectivity index (χ2n) is 5.43. The quantitative estimate of drug-likeness (QED) is 0.814. The highest BCUT2D eigenvalue weighted by Gasteiger charge is 2.25. The Morgan fingerprint density at radius 3 is 2.79 bits per heavy atom. The average Bonchev–Trinajstić information content (AvgIpc) is 2.86. The molecule has 1 heterocycles. The molecule has 0 bridgehead atoms. The zero-order chi connectivity index (χ0) is 13.5. The van der Waals surface area contributed by atoms with Gasteiger partial charge in [-0.1, -0.05) is 37.3 Å². The van der Waals surface area contributed by atoms with Crippen LogP contribution >= 0.6 is 0 Å². The van der Waals surface area contributed by atoms with E-state index in [2.05, 4.69) is 47.1 Å². The molecule has 1 aromatic carbocycles. The Kier molecular flexibility index (Phi) is 5.83. The van der Waals surface area contributed by atoms with Crippen LogP contribution in [0.2, 0.25) is 0 Å². The summed E-state index contributed by atoms with van der Waals surface area (Å²) in [7, 11) is 0. The van der Waals surface area contributed by atoms with Gasteiger partial charge in [-0.15, -0.1) is 0 Å². The fraction of sp³-hybridized carbons (Fsp3) is 0.625. The third-order valence-electron chi connectivity index (χ3n) is 4.09. The summed E-state index contributed by atoms with van der Waals surface area (Å²) in [5.74, 6) is 0. The Hall–Kier alpha value is -0.900. The molecule has 1 aromatic rings. The van der Waals surface area contributed by atoms with E-state index in [-0.39, 0.29) is 0 Å². The molecule has 0 saturated carbocycles. The predicted octanol–water partition coefficient (Wildman–Crippen LogP) is 1.93. The molecule has 1 atom stereocenters. The van der Waals surface area contributed by atoms with Gasteiger partial charge in [-0.25, -0.2) is 0 Å². The molecule has 1 aliphatic heterocycles. The van der Waals surface area contributed by atoms with E-state index in [9.17, 15) is 0 Å². The maximum Gasteiger partial charge on any atom is 0.0237 e. The highest BCUT2D eigenvalue weighted by molar-refractivity contribution is 5.14. The molecule has 0 aliphatic carbocycles. The maximum atomic E-state index is 5.68. The van der Waals surface area contributed by atoms with Crippen LogP contribution in [0.3, 0.4) is 0 Å². The van der Waals surface area contributed by atoms with Crippen molar-refractivity contribution in [1.29, 1.82) is 0 Å². The fourth-order valence-corrected chi connectivity index (χ4v) is 2.99. The summed E-state index contributed by atoms with van der Waals surface area (Å²) in [5, 5.41) is 0. The number of likely N-dealkylation sites (N-methyl/N-ethyl adjacent to an activating group) is 1. The third kappa shape index (κ3) is 4.30. The van der Waals surface area contributed by atoms with Crippen molar-refractivity contribution in [3.63, 3.8) is 0 Å². The second-order valence-corrected chi connectivity index (χ2v) is 5.43. The second kappa shape index (κ2) is 7.63. The van der Waals surface area contributed by atoms with Crippen LogP contribution in [0, 0.1) is 0 Å². The van der Waals surface area contributed by atoms with Gasteiger partial charge in [0.1, 0.15) is 0 Å². The number of benzene rings is 1. The van der Waals surface area contributed by atoms with Gasteiger partial charge in [0, 0.05) is 32.2 Å². The van der Waals surface area contributed by atoms with Gasteiger partial charge < -0.3 is 10.6 Å². The Bertz CT molecular complexity index is 352. The molecule has 19 heavy (non-hydrogen) atoms. The van der Waals surface area contributed by atoms with Gasteiger partial charge in [0.2, 0.25) is 0 Å². The van der Waals surface area contributed by atoms with E-state index in [1.165, 1.54) is 31.5 Å². The summed E-state index contributed by atoms with van der Waals surface area (Å²) in [6.07, 6.45) is 2.66. The number of hydrogen-bond acceptors (Lipinski definition) is 3. The molecule has 3 heteroatoms. The zero-order valence-corrected chi connectivity index (χ0v) is 12.1. The molecule has 1 saturated heterocycles. The largest absolute Gasteiger partial charge is 0.329 e. The first-order valence-electron chi connectivity index (χ1n) is 7.54. The first-order valence-corrected chi connectivity index (χ1v) is 7.54. The molecule has 0 aromatic heterocycles. The van der Waals surface area contributed by atoms with Crippen molar-refractivity contribution >= 4 is 0 Å². The molecule has 0 radical (unpaired) electrons. The molecular weight excluding hydrogens is 234 g/mol. The molecule has 1 fully saturated rings. The lowest BCUT2D eigenvalue weighted by atomic mass is 10.1. The number of likely N-dealkylation sites (tertiary alicyclic amines) is 1. The monoisotopic (exact) mass is 261 g/mol. The lowest BCUT2D eigenvalue weighted by Gasteiger charge is -2.30. The van der Waals surface area contributed by atoms with E-state index in [4.69, 9.17) is 5.73 Å². The lowest BCUT2D eigenvalue weighted by molar-refractivity contribution is 0.173. The summed E-state index contributed by atoms with van der Waals surface area (Å²) in [4.78, 5) is 5.11. The SMILES string of the molecule is CCN(CCN)C[C@H]1CCCN1Cc1ccccc1. The minimum absolute atomic E-state index is 0.701. The van der Waals surface area contributed by atoms with E-state index < -0.39 is 0 Å². The van der Waals surface area contributed by atoms with Gasteiger partial charge in [-0.2, -0.15) is 0 Å². The van der Waals surface area contributed by atoms with Gasteiger partial charge in [0.05, 0.1) is 0 Å². The molecule has 106 valence electrons. The first kappa shape index (κ1) is 14.5. The minimum atomic E-state index is 0.701. The van der Waals surface area contributed by atoms with Gasteiger partial charge in [0.15, 0.2) is 0 Å². The molecule has 1 aliphatic rings. The van der Waals surface area contributed by atoms with Crippen LogP contribution in [0.4, 0.5) is 0 Å². The van der Waals surface area contributed by atoms with Crippen LogP contribution in [0.15, 0.2) is 30.3 Å². The number of rotatable bonds is 7. The van der Waals surface area contributed by atoms with Crippen molar-refractivity contribution in [2.75, 3.05) is 32.7 Å². The number of nitrogens with zero attached hydrogens (tertiary/aromatic N) is 2. The van der Waals surface area contributed by atoms with Crippen LogP contribution < -0.4 is 5.73 Å². The molecule has 2 N–H and O–H groups in total. The molecule has 2 rings (SSSR count). The van der Waals surface area contributed by atoms with Crippen LogP contribution in [0.5, 0.6) is 0 Å². The predicted molar refractivity (Wildman–Crippen MR) is 81.0 cm³/mol. The summed E-state index contributed by atoms with van der Waals surface area (Å²) >= 11 is 0. The number of nitrogens with two attached hydrogens (primary N) is 1. The fourth-order valence-electron chi connectivity index (χ4n) is 2.99. The lowest BCUT2D eigenvalue weighted by Crippen LogP contribution is -2.41. The van der Waals surface area contributed by atoms with Crippen LogP contribution in [0.1, 0.15) is 25.3 Å². The Labute approximate surface area is 117 Å². The van der Waals surface area contributed by atoms with Gasteiger partial charge in [-0.05, 0) is 31.5 Å². The molecule has 0 spiro atoms. The summed E-state index contributed by atoms with van der Waals surface area (Å²) in [5.41, 5.74) is 7.11. The first-order chi connectivity index (χ1) is 9.33. The van der Waals surface area contributed by atoms with Crippen molar-refractivity contribution in [3.8, 4) is 0 Å². The van der Waals surface area contributed by atoms with Crippen molar-refractivity contribution in [2.45, 2.75) is 32.4 Å². The zero-order valence-electron chi connectivity index (χ0n) is 12.1. The summed E-state index contributed by atoms with van der Waals surface area (Å²) in [6.45, 7) is 8.61. The Balaban J connectivity index is 1.89. The standard InChI is InChI=1S/C16H27N3/c1-2-18(12-10-17)14-16-9-6-11-19(16)13-15-7-4-3-5-8-15/h3-5,7-8,16H,2,6,9-14,17H2,1H3/t16-/m1/s1. The van der Waals surface area contributed by atoms with Crippen molar-refractivity contribution in [2.24, 2.45) is 5.73 Å². The van der Waals surface area contributed by atoms with E-state index in [0.29, 0.717) is 6.04 Å². The van der Waals surface area contributed by atoms with Crippen LogP contribution in [-0.4, -0.2) is 48.6 Å². The van der Waals surface area contributed by atoms with Gasteiger partial charge in [-0.3, -0.25) is 4.90 Å². The Morgan fingerprint density at radius 2 is 2.11 bits per heavy atom. The summed E-state index contributed by atoms with van der Waals surface area (Å²) < 4.78 is 0. The van der Waals surface area contributed by atoms with E-state index >= 15 is 0 Å². The third-order valence-corrected chi connectivity index (χ3v) is 4.09. The van der Waals surface area contributed by atoms with E-state index in [0.717, 1.165) is 26.2 Å². The van der Waals surface area contributed by atoms with Gasteiger partial charge >= 0.3 is 0 Å². The normalized spacial score (nSPS) is 20.3. The highest BCUT2D eigenvalue weighted by atomic mass is 15.2. The molecule has 0 amide bonds. The molecule has 0 unspecified atom stereocenters. The highest BCUT2D eigenvalue weighted by Crippen LogP contribution is 2.20. The van der Waals surface area contributed by atoms with Gasteiger partial charge in [0.25, 0.3) is 0 Å². The molecular formula is C16H27N3. The van der Waals surface area contributed by atoms with Crippen molar-refractivity contribution in [3.05, 3.63) is 35.9 Å². The van der Waals surface area contributed by atoms with E-state index in [1.807, 2.05) is 0 Å². The average molecular weight is 261 g/mol. The van der Waals surface area contributed by atoms with Crippen LogP contribution in [-0.2, 0) is 6.54 Å². The molecule has 3 nitrogen and oxygen atoms in total. The van der Waals surface area contributed by atoms with Crippen LogP contribution in [0.25, 0.3) is 0 Å². The maximum absolute atomic E-state index is 5.68. The van der Waals surface area contributed by atoms with E-state index in [1.54, 1.807) is 0 Å². The van der Waals surface area contributed by atoms with Crippen molar-refractivity contribution in [1.82, 2.24) is 9.80 Å².